The molecule has 0 radical (unpaired) electrons. The summed E-state index contributed by atoms with van der Waals surface area (Å²) in [5.74, 6) is -0.461. The largest absolute Gasteiger partial charge is 0.352 e. The van der Waals surface area contributed by atoms with Gasteiger partial charge in [0.05, 0.1) is 11.1 Å². The lowest BCUT2D eigenvalue weighted by molar-refractivity contribution is 0.0953. The van der Waals surface area contributed by atoms with E-state index in [-0.39, 0.29) is 11.7 Å². The van der Waals surface area contributed by atoms with Crippen LogP contribution in [0.15, 0.2) is 30.5 Å². The Bertz CT molecular complexity index is 569. The first-order valence-corrected chi connectivity index (χ1v) is 6.04. The SMILES string of the molecule is CCCCNC(=O)c1cnc2cc(F)ccc2c1. The molecule has 4 heteroatoms. The Labute approximate surface area is 105 Å². The van der Waals surface area contributed by atoms with Crippen molar-refractivity contribution in [1.29, 1.82) is 0 Å². The van der Waals surface area contributed by atoms with Crippen LogP contribution in [0.4, 0.5) is 4.39 Å². The fourth-order valence-corrected chi connectivity index (χ4v) is 1.70. The van der Waals surface area contributed by atoms with Gasteiger partial charge in [0.2, 0.25) is 0 Å². The number of carbonyl (C=O) groups excluding carboxylic acids is 1. The zero-order valence-corrected chi connectivity index (χ0v) is 10.2. The highest BCUT2D eigenvalue weighted by Gasteiger charge is 2.06. The smallest absolute Gasteiger partial charge is 0.252 e. The van der Waals surface area contributed by atoms with Crippen molar-refractivity contribution in [3.05, 3.63) is 41.8 Å². The monoisotopic (exact) mass is 246 g/mol. The molecule has 1 N–H and O–H groups in total. The van der Waals surface area contributed by atoms with Crippen LogP contribution in [-0.4, -0.2) is 17.4 Å². The van der Waals surface area contributed by atoms with E-state index < -0.39 is 0 Å². The van der Waals surface area contributed by atoms with E-state index in [0.717, 1.165) is 18.2 Å². The standard InChI is InChI=1S/C14H15FN2O/c1-2-3-6-16-14(18)11-7-10-4-5-12(15)8-13(10)17-9-11/h4-5,7-9H,2-3,6H2,1H3,(H,16,18). The summed E-state index contributed by atoms with van der Waals surface area (Å²) < 4.78 is 13.0. The maximum absolute atomic E-state index is 13.0. The predicted molar refractivity (Wildman–Crippen MR) is 68.9 cm³/mol. The van der Waals surface area contributed by atoms with Crippen molar-refractivity contribution in [2.75, 3.05) is 6.54 Å². The molecule has 94 valence electrons. The van der Waals surface area contributed by atoms with E-state index in [4.69, 9.17) is 0 Å². The van der Waals surface area contributed by atoms with Gasteiger partial charge in [0, 0.05) is 24.2 Å². The summed E-state index contributed by atoms with van der Waals surface area (Å²) in [5, 5.41) is 3.59. The number of nitrogens with zero attached hydrogens (tertiary/aromatic N) is 1. The Hall–Kier alpha value is -1.97. The maximum Gasteiger partial charge on any atom is 0.252 e. The second kappa shape index (κ2) is 5.58. The number of hydrogen-bond acceptors (Lipinski definition) is 2. The molecule has 0 aliphatic rings. The van der Waals surface area contributed by atoms with E-state index in [9.17, 15) is 9.18 Å². The van der Waals surface area contributed by atoms with E-state index in [1.54, 1.807) is 12.1 Å². The molecular weight excluding hydrogens is 231 g/mol. The minimum absolute atomic E-state index is 0.137. The molecule has 2 aromatic rings. The number of carbonyl (C=O) groups is 1. The maximum atomic E-state index is 13.0. The van der Waals surface area contributed by atoms with Gasteiger partial charge in [0.15, 0.2) is 0 Å². The zero-order chi connectivity index (χ0) is 13.0. The molecule has 1 aromatic heterocycles. The molecule has 0 bridgehead atoms. The highest BCUT2D eigenvalue weighted by atomic mass is 19.1. The Morgan fingerprint density at radius 2 is 2.22 bits per heavy atom. The fourth-order valence-electron chi connectivity index (χ4n) is 1.70. The van der Waals surface area contributed by atoms with Gasteiger partial charge < -0.3 is 5.32 Å². The molecule has 0 aliphatic carbocycles. The lowest BCUT2D eigenvalue weighted by Crippen LogP contribution is -2.24. The highest BCUT2D eigenvalue weighted by Crippen LogP contribution is 2.14. The first-order valence-electron chi connectivity index (χ1n) is 6.04. The number of amides is 1. The predicted octanol–water partition coefficient (Wildman–Crippen LogP) is 2.90. The fraction of sp³-hybridized carbons (Fsp3) is 0.286. The molecule has 18 heavy (non-hydrogen) atoms. The summed E-state index contributed by atoms with van der Waals surface area (Å²) >= 11 is 0. The molecule has 0 aliphatic heterocycles. The van der Waals surface area contributed by atoms with Crippen molar-refractivity contribution in [3.63, 3.8) is 0 Å². The Balaban J connectivity index is 2.19. The Kier molecular flexibility index (Phi) is 3.87. The van der Waals surface area contributed by atoms with Crippen LogP contribution in [0, 0.1) is 5.82 Å². The van der Waals surface area contributed by atoms with Crippen molar-refractivity contribution in [1.82, 2.24) is 10.3 Å². The van der Waals surface area contributed by atoms with Crippen LogP contribution in [0.5, 0.6) is 0 Å². The average Bonchev–Trinajstić information content (AvgIpc) is 2.38. The number of nitrogens with one attached hydrogen (secondary N) is 1. The first kappa shape index (κ1) is 12.5. The van der Waals surface area contributed by atoms with Crippen molar-refractivity contribution in [2.24, 2.45) is 0 Å². The van der Waals surface area contributed by atoms with E-state index in [1.165, 1.54) is 18.3 Å². The topological polar surface area (TPSA) is 42.0 Å². The third kappa shape index (κ3) is 2.83. The van der Waals surface area contributed by atoms with Gasteiger partial charge in [-0.3, -0.25) is 9.78 Å². The van der Waals surface area contributed by atoms with E-state index in [1.807, 2.05) is 0 Å². The Morgan fingerprint density at radius 3 is 3.00 bits per heavy atom. The summed E-state index contributed by atoms with van der Waals surface area (Å²) in [6, 6.07) is 6.07. The number of aromatic nitrogens is 1. The average molecular weight is 246 g/mol. The van der Waals surface area contributed by atoms with E-state index in [0.29, 0.717) is 17.6 Å². The van der Waals surface area contributed by atoms with Gasteiger partial charge >= 0.3 is 0 Å². The molecule has 1 amide bonds. The summed E-state index contributed by atoms with van der Waals surface area (Å²) in [7, 11) is 0. The van der Waals surface area contributed by atoms with E-state index >= 15 is 0 Å². The molecule has 0 atom stereocenters. The van der Waals surface area contributed by atoms with Gasteiger partial charge in [-0.1, -0.05) is 13.3 Å². The number of pyridine rings is 1. The van der Waals surface area contributed by atoms with Crippen molar-refractivity contribution in [2.45, 2.75) is 19.8 Å². The molecule has 0 saturated heterocycles. The van der Waals surface area contributed by atoms with Crippen molar-refractivity contribution < 1.29 is 9.18 Å². The van der Waals surface area contributed by atoms with Crippen LogP contribution in [0.3, 0.4) is 0 Å². The van der Waals surface area contributed by atoms with Crippen molar-refractivity contribution >= 4 is 16.8 Å². The molecule has 0 saturated carbocycles. The Morgan fingerprint density at radius 1 is 1.39 bits per heavy atom. The molecular formula is C14H15FN2O. The lowest BCUT2D eigenvalue weighted by atomic mass is 10.1. The van der Waals surface area contributed by atoms with Crippen LogP contribution in [0.2, 0.25) is 0 Å². The second-order valence-corrected chi connectivity index (χ2v) is 4.17. The molecule has 1 heterocycles. The summed E-state index contributed by atoms with van der Waals surface area (Å²) in [6.45, 7) is 2.73. The minimum Gasteiger partial charge on any atom is -0.352 e. The molecule has 0 spiro atoms. The number of rotatable bonds is 4. The number of unbranched alkanes of at least 4 members (excludes halogenated alkanes) is 1. The van der Waals surface area contributed by atoms with Crippen LogP contribution in [-0.2, 0) is 0 Å². The number of fused-ring (bicyclic) bond motifs is 1. The number of halogens is 1. The van der Waals surface area contributed by atoms with Crippen LogP contribution in [0.25, 0.3) is 10.9 Å². The quantitative estimate of drug-likeness (QED) is 0.843. The van der Waals surface area contributed by atoms with Crippen LogP contribution in [0.1, 0.15) is 30.1 Å². The van der Waals surface area contributed by atoms with Gasteiger partial charge in [-0.2, -0.15) is 0 Å². The number of hydrogen-bond donors (Lipinski definition) is 1. The number of benzene rings is 1. The van der Waals surface area contributed by atoms with Crippen molar-refractivity contribution in [3.8, 4) is 0 Å². The first-order chi connectivity index (χ1) is 8.70. The van der Waals surface area contributed by atoms with Gasteiger partial charge in [0.25, 0.3) is 5.91 Å². The normalized spacial score (nSPS) is 10.6. The zero-order valence-electron chi connectivity index (χ0n) is 10.2. The molecule has 3 nitrogen and oxygen atoms in total. The molecule has 2 rings (SSSR count). The van der Waals surface area contributed by atoms with Gasteiger partial charge in [0.1, 0.15) is 5.82 Å². The lowest BCUT2D eigenvalue weighted by Gasteiger charge is -2.05. The minimum atomic E-state index is -0.324. The van der Waals surface area contributed by atoms with Gasteiger partial charge in [-0.15, -0.1) is 0 Å². The summed E-state index contributed by atoms with van der Waals surface area (Å²) in [5.41, 5.74) is 1.06. The second-order valence-electron chi connectivity index (χ2n) is 4.17. The van der Waals surface area contributed by atoms with E-state index in [2.05, 4.69) is 17.2 Å². The summed E-state index contributed by atoms with van der Waals surface area (Å²) in [4.78, 5) is 15.9. The summed E-state index contributed by atoms with van der Waals surface area (Å²) in [6.07, 6.45) is 3.47. The van der Waals surface area contributed by atoms with Crippen LogP contribution >= 0.6 is 0 Å². The van der Waals surface area contributed by atoms with Gasteiger partial charge in [-0.25, -0.2) is 4.39 Å². The molecule has 0 unspecified atom stereocenters. The molecule has 1 aromatic carbocycles. The third-order valence-electron chi connectivity index (χ3n) is 2.72. The van der Waals surface area contributed by atoms with Crippen LogP contribution < -0.4 is 5.32 Å². The van der Waals surface area contributed by atoms with Gasteiger partial charge in [-0.05, 0) is 24.6 Å². The molecule has 0 fully saturated rings. The third-order valence-corrected chi connectivity index (χ3v) is 2.72. The highest BCUT2D eigenvalue weighted by molar-refractivity contribution is 5.97.